The minimum Gasteiger partial charge on any atom is -0.503 e. The van der Waals surface area contributed by atoms with Gasteiger partial charge < -0.3 is 9.47 Å². The minimum absolute atomic E-state index is 0.241. The average Bonchev–Trinajstić information content (AvgIpc) is 2.57. The molecule has 0 spiro atoms. The van der Waals surface area contributed by atoms with Crippen LogP contribution in [0.3, 0.4) is 0 Å². The summed E-state index contributed by atoms with van der Waals surface area (Å²) in [5, 5.41) is 11.2. The van der Waals surface area contributed by atoms with Gasteiger partial charge in [0.25, 0.3) is 0 Å². The van der Waals surface area contributed by atoms with Gasteiger partial charge in [-0.1, -0.05) is 42.5 Å². The number of esters is 1. The quantitative estimate of drug-likeness (QED) is 0.481. The number of hydrogen-bond donors (Lipinski definition) is 0. The molecule has 0 saturated heterocycles. The summed E-state index contributed by atoms with van der Waals surface area (Å²) >= 11 is 0. The van der Waals surface area contributed by atoms with Crippen LogP contribution >= 0.6 is 0 Å². The van der Waals surface area contributed by atoms with Crippen LogP contribution in [0.5, 0.6) is 0 Å². The molecule has 0 fully saturated rings. The molecule has 0 aromatic heterocycles. The Bertz CT molecular complexity index is 738. The lowest BCUT2D eigenvalue weighted by molar-refractivity contribution is -0.142. The van der Waals surface area contributed by atoms with E-state index in [0.29, 0.717) is 5.57 Å². The molecule has 0 saturated carbocycles. The van der Waals surface area contributed by atoms with Gasteiger partial charge in [-0.15, -0.1) is 0 Å². The van der Waals surface area contributed by atoms with Crippen LogP contribution in [0.1, 0.15) is 17.9 Å². The Hall–Kier alpha value is -2.80. The van der Waals surface area contributed by atoms with Gasteiger partial charge >= 0.3 is 5.97 Å². The third-order valence-electron chi connectivity index (χ3n) is 3.51. The molecule has 0 amide bonds. The number of nitriles is 1. The van der Waals surface area contributed by atoms with Crippen LogP contribution < -0.4 is 0 Å². The van der Waals surface area contributed by atoms with Crippen LogP contribution in [-0.2, 0) is 14.3 Å². The van der Waals surface area contributed by atoms with E-state index >= 15 is 0 Å². The first-order valence-corrected chi connectivity index (χ1v) is 6.88. The van der Waals surface area contributed by atoms with E-state index in [4.69, 9.17) is 9.47 Å². The van der Waals surface area contributed by atoms with E-state index in [1.54, 1.807) is 0 Å². The van der Waals surface area contributed by atoms with E-state index < -0.39 is 5.92 Å². The highest BCUT2D eigenvalue weighted by molar-refractivity contribution is 5.91. The first kappa shape index (κ1) is 15.6. The van der Waals surface area contributed by atoms with Gasteiger partial charge in [0.2, 0.25) is 0 Å². The SMILES string of the molecule is CO/C=C(\C#N)CC(C(=O)OC)c1cccc2ccccc12. The summed E-state index contributed by atoms with van der Waals surface area (Å²) in [6.07, 6.45) is 1.60. The highest BCUT2D eigenvalue weighted by Crippen LogP contribution is 2.31. The molecule has 1 unspecified atom stereocenters. The third-order valence-corrected chi connectivity index (χ3v) is 3.51. The Labute approximate surface area is 129 Å². The van der Waals surface area contributed by atoms with Crippen molar-refractivity contribution in [3.05, 3.63) is 59.9 Å². The van der Waals surface area contributed by atoms with E-state index in [1.165, 1.54) is 20.5 Å². The summed E-state index contributed by atoms with van der Waals surface area (Å²) in [7, 11) is 2.83. The van der Waals surface area contributed by atoms with Gasteiger partial charge in [0.1, 0.15) is 0 Å². The third kappa shape index (κ3) is 3.26. The van der Waals surface area contributed by atoms with Crippen LogP contribution in [-0.4, -0.2) is 20.2 Å². The number of carbonyl (C=O) groups excluding carboxylic acids is 1. The Morgan fingerprint density at radius 1 is 1.23 bits per heavy atom. The van der Waals surface area contributed by atoms with Crippen molar-refractivity contribution in [2.24, 2.45) is 0 Å². The lowest BCUT2D eigenvalue weighted by Gasteiger charge is -2.16. The van der Waals surface area contributed by atoms with Crippen molar-refractivity contribution < 1.29 is 14.3 Å². The smallest absolute Gasteiger partial charge is 0.313 e. The van der Waals surface area contributed by atoms with Crippen molar-refractivity contribution in [1.29, 1.82) is 5.26 Å². The monoisotopic (exact) mass is 295 g/mol. The summed E-state index contributed by atoms with van der Waals surface area (Å²) in [4.78, 5) is 12.2. The molecule has 22 heavy (non-hydrogen) atoms. The fourth-order valence-electron chi connectivity index (χ4n) is 2.50. The molecule has 4 nitrogen and oxygen atoms in total. The summed E-state index contributed by atoms with van der Waals surface area (Å²) in [5.41, 5.74) is 1.24. The first-order chi connectivity index (χ1) is 10.7. The van der Waals surface area contributed by atoms with Gasteiger partial charge in [-0.05, 0) is 16.3 Å². The van der Waals surface area contributed by atoms with Crippen LogP contribution in [0, 0.1) is 11.3 Å². The number of ether oxygens (including phenoxy) is 2. The van der Waals surface area contributed by atoms with Crippen molar-refractivity contribution in [3.8, 4) is 6.07 Å². The molecule has 2 aromatic carbocycles. The van der Waals surface area contributed by atoms with Crippen LogP contribution in [0.15, 0.2) is 54.3 Å². The van der Waals surface area contributed by atoms with Gasteiger partial charge in [0.05, 0.1) is 38.0 Å². The molecule has 0 aliphatic carbocycles. The van der Waals surface area contributed by atoms with Crippen LogP contribution in [0.25, 0.3) is 10.8 Å². The van der Waals surface area contributed by atoms with E-state index in [1.807, 2.05) is 42.5 Å². The molecule has 0 aliphatic rings. The maximum absolute atomic E-state index is 12.2. The first-order valence-electron chi connectivity index (χ1n) is 6.88. The Balaban J connectivity index is 2.51. The predicted octanol–water partition coefficient (Wildman–Crippen LogP) is 3.54. The topological polar surface area (TPSA) is 59.3 Å². The fraction of sp³-hybridized carbons (Fsp3) is 0.222. The zero-order chi connectivity index (χ0) is 15.9. The minimum atomic E-state index is -0.544. The van der Waals surface area contributed by atoms with E-state index in [9.17, 15) is 10.1 Å². The van der Waals surface area contributed by atoms with Gasteiger partial charge in [0.15, 0.2) is 0 Å². The Morgan fingerprint density at radius 2 is 1.95 bits per heavy atom. The molecule has 4 heteroatoms. The molecule has 112 valence electrons. The maximum Gasteiger partial charge on any atom is 0.313 e. The molecule has 0 bridgehead atoms. The number of hydrogen-bond acceptors (Lipinski definition) is 4. The number of nitrogens with zero attached hydrogens (tertiary/aromatic N) is 1. The summed E-state index contributed by atoms with van der Waals surface area (Å²) in [5.74, 6) is -0.911. The summed E-state index contributed by atoms with van der Waals surface area (Å²) < 4.78 is 9.82. The number of allylic oxidation sites excluding steroid dienone is 1. The molecule has 2 rings (SSSR count). The van der Waals surface area contributed by atoms with Crippen molar-refractivity contribution in [1.82, 2.24) is 0 Å². The molecule has 1 atom stereocenters. The number of fused-ring (bicyclic) bond motifs is 1. The number of carbonyl (C=O) groups is 1. The van der Waals surface area contributed by atoms with Crippen molar-refractivity contribution >= 4 is 16.7 Å². The van der Waals surface area contributed by atoms with Gasteiger partial charge in [-0.3, -0.25) is 4.79 Å². The fourth-order valence-corrected chi connectivity index (χ4v) is 2.50. The molecular formula is C18H17NO3. The highest BCUT2D eigenvalue weighted by atomic mass is 16.5. The second-order valence-electron chi connectivity index (χ2n) is 4.84. The van der Waals surface area contributed by atoms with E-state index in [2.05, 4.69) is 6.07 Å². The Kier molecular flexibility index (Phi) is 5.16. The predicted molar refractivity (Wildman–Crippen MR) is 84.0 cm³/mol. The van der Waals surface area contributed by atoms with Crippen LogP contribution in [0.2, 0.25) is 0 Å². The van der Waals surface area contributed by atoms with Crippen molar-refractivity contribution in [3.63, 3.8) is 0 Å². The molecule has 0 heterocycles. The lowest BCUT2D eigenvalue weighted by atomic mass is 9.89. The largest absolute Gasteiger partial charge is 0.503 e. The Morgan fingerprint density at radius 3 is 2.64 bits per heavy atom. The van der Waals surface area contributed by atoms with Crippen LogP contribution in [0.4, 0.5) is 0 Å². The maximum atomic E-state index is 12.2. The summed E-state index contributed by atoms with van der Waals surface area (Å²) in [6, 6.07) is 15.7. The molecule has 0 aliphatic heterocycles. The normalized spacial score (nSPS) is 12.5. The zero-order valence-corrected chi connectivity index (χ0v) is 12.6. The molecule has 0 radical (unpaired) electrons. The number of benzene rings is 2. The molecule has 0 N–H and O–H groups in total. The van der Waals surface area contributed by atoms with E-state index in [-0.39, 0.29) is 12.4 Å². The standard InChI is InChI=1S/C18H17NO3/c1-21-12-13(11-19)10-17(18(20)22-2)16-9-5-7-14-6-3-4-8-15(14)16/h3-9,12,17H,10H2,1-2H3/b13-12-. The van der Waals surface area contributed by atoms with Crippen molar-refractivity contribution in [2.45, 2.75) is 12.3 Å². The van der Waals surface area contributed by atoms with Gasteiger partial charge in [0, 0.05) is 6.42 Å². The van der Waals surface area contributed by atoms with Gasteiger partial charge in [-0.2, -0.15) is 5.26 Å². The zero-order valence-electron chi connectivity index (χ0n) is 12.6. The van der Waals surface area contributed by atoms with E-state index in [0.717, 1.165) is 16.3 Å². The summed E-state index contributed by atoms with van der Waals surface area (Å²) in [6.45, 7) is 0. The second-order valence-corrected chi connectivity index (χ2v) is 4.84. The number of methoxy groups -OCH3 is 2. The molecule has 2 aromatic rings. The molecular weight excluding hydrogens is 278 g/mol. The lowest BCUT2D eigenvalue weighted by Crippen LogP contribution is -2.15. The number of rotatable bonds is 5. The second kappa shape index (κ2) is 7.28. The average molecular weight is 295 g/mol. The highest BCUT2D eigenvalue weighted by Gasteiger charge is 2.24. The van der Waals surface area contributed by atoms with Crippen molar-refractivity contribution in [2.75, 3.05) is 14.2 Å². The van der Waals surface area contributed by atoms with Gasteiger partial charge in [-0.25, -0.2) is 0 Å².